The van der Waals surface area contributed by atoms with Gasteiger partial charge < -0.3 is 4.90 Å². The zero-order valence-corrected chi connectivity index (χ0v) is 12.9. The third-order valence-electron chi connectivity index (χ3n) is 2.91. The van der Waals surface area contributed by atoms with Crippen LogP contribution >= 0.6 is 0 Å². The molecule has 0 aliphatic rings. The lowest BCUT2D eigenvalue weighted by molar-refractivity contribution is -0.131. The number of rotatable bonds is 4. The maximum atomic E-state index is 11.8. The van der Waals surface area contributed by atoms with Crippen LogP contribution in [0, 0.1) is 5.41 Å². The van der Waals surface area contributed by atoms with Gasteiger partial charge in [-0.1, -0.05) is 20.8 Å². The highest BCUT2D eigenvalue weighted by Gasteiger charge is 2.25. The third kappa shape index (κ3) is 7.37. The van der Waals surface area contributed by atoms with Crippen LogP contribution in [0.15, 0.2) is 0 Å². The van der Waals surface area contributed by atoms with E-state index in [1.807, 2.05) is 14.1 Å². The van der Waals surface area contributed by atoms with Crippen molar-refractivity contribution in [3.05, 3.63) is 0 Å². The largest absolute Gasteiger partial charge is 0.348 e. The van der Waals surface area contributed by atoms with Gasteiger partial charge in [0.15, 0.2) is 0 Å². The van der Waals surface area contributed by atoms with Crippen molar-refractivity contribution in [3.63, 3.8) is 0 Å². The van der Waals surface area contributed by atoms with E-state index in [0.717, 1.165) is 13.0 Å². The van der Waals surface area contributed by atoms with E-state index < -0.39 is 0 Å². The second-order valence-electron chi connectivity index (χ2n) is 7.19. The van der Waals surface area contributed by atoms with Crippen molar-refractivity contribution in [2.45, 2.75) is 53.5 Å². The van der Waals surface area contributed by atoms with Crippen LogP contribution in [0.5, 0.6) is 0 Å². The molecule has 0 atom stereocenters. The average Bonchev–Trinajstić information content (AvgIpc) is 2.07. The summed E-state index contributed by atoms with van der Waals surface area (Å²) >= 11 is 0. The normalized spacial score (nSPS) is 13.0. The Bertz CT molecular complexity index is 246. The molecule has 0 N–H and O–H groups in total. The molecule has 0 aliphatic carbocycles. The lowest BCUT2D eigenvalue weighted by Crippen LogP contribution is -2.48. The summed E-state index contributed by atoms with van der Waals surface area (Å²) in [6.07, 6.45) is 1.10. The molecule has 0 spiro atoms. The maximum Gasteiger partial charge on any atom is 0.236 e. The number of hydrogen-bond donors (Lipinski definition) is 0. The fourth-order valence-electron chi connectivity index (χ4n) is 1.43. The molecule has 0 aromatic heterocycles. The first-order chi connectivity index (χ1) is 7.43. The molecule has 0 saturated carbocycles. The summed E-state index contributed by atoms with van der Waals surface area (Å²) in [7, 11) is 3.62. The Kier molecular flexibility index (Phi) is 5.66. The van der Waals surface area contributed by atoms with Gasteiger partial charge in [0.2, 0.25) is 5.91 Å². The Morgan fingerprint density at radius 3 is 1.76 bits per heavy atom. The second-order valence-corrected chi connectivity index (χ2v) is 7.19. The van der Waals surface area contributed by atoms with Crippen molar-refractivity contribution in [3.8, 4) is 0 Å². The monoisotopic (exact) mass is 242 g/mol. The number of likely N-dealkylation sites (N-methyl/N-ethyl adjacent to an activating group) is 1. The zero-order chi connectivity index (χ0) is 13.9. The Morgan fingerprint density at radius 1 is 1.00 bits per heavy atom. The molecule has 0 heterocycles. The first-order valence-corrected chi connectivity index (χ1v) is 6.39. The molecule has 3 heteroatoms. The van der Waals surface area contributed by atoms with Crippen LogP contribution in [0.4, 0.5) is 0 Å². The average molecular weight is 242 g/mol. The van der Waals surface area contributed by atoms with Gasteiger partial charge in [0.05, 0.1) is 6.54 Å². The predicted molar refractivity (Wildman–Crippen MR) is 74.1 cm³/mol. The molecule has 102 valence electrons. The second kappa shape index (κ2) is 5.85. The Balaban J connectivity index is 4.52. The van der Waals surface area contributed by atoms with Gasteiger partial charge in [-0.2, -0.15) is 0 Å². The summed E-state index contributed by atoms with van der Waals surface area (Å²) in [6.45, 7) is 14.7. The first-order valence-electron chi connectivity index (χ1n) is 6.39. The number of nitrogens with zero attached hydrogens (tertiary/aromatic N) is 2. The van der Waals surface area contributed by atoms with Gasteiger partial charge >= 0.3 is 0 Å². The fraction of sp³-hybridized carbons (Fsp3) is 0.929. The van der Waals surface area contributed by atoms with E-state index in [-0.39, 0.29) is 11.4 Å². The number of carbonyl (C=O) groups excluding carboxylic acids is 1. The molecule has 0 rings (SSSR count). The summed E-state index contributed by atoms with van der Waals surface area (Å²) in [6, 6.07) is 0. The SMILES string of the molecule is CN(C)C(=O)CN(CCC(C)(C)C)C(C)(C)C. The molecule has 0 saturated heterocycles. The molecule has 0 bridgehead atoms. The van der Waals surface area contributed by atoms with Crippen LogP contribution in [0.25, 0.3) is 0 Å². The topological polar surface area (TPSA) is 23.6 Å². The predicted octanol–water partition coefficient (Wildman–Crippen LogP) is 2.61. The summed E-state index contributed by atoms with van der Waals surface area (Å²) in [5, 5.41) is 0. The van der Waals surface area contributed by atoms with Gasteiger partial charge in [-0.15, -0.1) is 0 Å². The highest BCUT2D eigenvalue weighted by molar-refractivity contribution is 5.77. The smallest absolute Gasteiger partial charge is 0.236 e. The standard InChI is InChI=1S/C14H30N2O/c1-13(2,3)9-10-16(14(4,5)6)11-12(17)15(7)8/h9-11H2,1-8H3. The van der Waals surface area contributed by atoms with Crippen molar-refractivity contribution < 1.29 is 4.79 Å². The van der Waals surface area contributed by atoms with Crippen molar-refractivity contribution in [1.29, 1.82) is 0 Å². The number of hydrogen-bond acceptors (Lipinski definition) is 2. The van der Waals surface area contributed by atoms with Crippen LogP contribution in [-0.4, -0.2) is 48.4 Å². The minimum atomic E-state index is 0.0386. The van der Waals surface area contributed by atoms with E-state index in [1.165, 1.54) is 0 Å². The molecule has 0 fully saturated rings. The van der Waals surface area contributed by atoms with E-state index in [0.29, 0.717) is 12.0 Å². The quantitative estimate of drug-likeness (QED) is 0.756. The summed E-state index contributed by atoms with van der Waals surface area (Å²) < 4.78 is 0. The van der Waals surface area contributed by atoms with Crippen LogP contribution in [0.2, 0.25) is 0 Å². The van der Waals surface area contributed by atoms with Crippen LogP contribution in [0.1, 0.15) is 48.0 Å². The molecule has 0 aromatic carbocycles. The Labute approximate surface area is 107 Å². The Hall–Kier alpha value is -0.570. The summed E-state index contributed by atoms with van der Waals surface area (Å²) in [5.41, 5.74) is 0.349. The summed E-state index contributed by atoms with van der Waals surface area (Å²) in [5.74, 6) is 0.175. The van der Waals surface area contributed by atoms with Gasteiger partial charge in [-0.25, -0.2) is 0 Å². The van der Waals surface area contributed by atoms with Crippen molar-refractivity contribution >= 4 is 5.91 Å². The lowest BCUT2D eigenvalue weighted by atomic mass is 9.91. The van der Waals surface area contributed by atoms with E-state index in [9.17, 15) is 4.79 Å². The molecule has 1 amide bonds. The summed E-state index contributed by atoms with van der Waals surface area (Å²) in [4.78, 5) is 15.7. The van der Waals surface area contributed by atoms with Gasteiger partial charge in [0, 0.05) is 19.6 Å². The highest BCUT2D eigenvalue weighted by atomic mass is 16.2. The Morgan fingerprint density at radius 2 is 1.47 bits per heavy atom. The number of carbonyl (C=O) groups is 1. The first kappa shape index (κ1) is 16.4. The van der Waals surface area contributed by atoms with Crippen molar-refractivity contribution in [2.75, 3.05) is 27.2 Å². The van der Waals surface area contributed by atoms with Gasteiger partial charge in [-0.3, -0.25) is 9.69 Å². The van der Waals surface area contributed by atoms with E-state index >= 15 is 0 Å². The van der Waals surface area contributed by atoms with E-state index in [2.05, 4.69) is 46.4 Å². The lowest BCUT2D eigenvalue weighted by Gasteiger charge is -2.37. The van der Waals surface area contributed by atoms with Crippen LogP contribution in [0.3, 0.4) is 0 Å². The molecule has 0 radical (unpaired) electrons. The van der Waals surface area contributed by atoms with E-state index in [4.69, 9.17) is 0 Å². The molecule has 3 nitrogen and oxygen atoms in total. The van der Waals surface area contributed by atoms with Crippen molar-refractivity contribution in [2.24, 2.45) is 5.41 Å². The van der Waals surface area contributed by atoms with Gasteiger partial charge in [0.1, 0.15) is 0 Å². The molecule has 0 aromatic rings. The van der Waals surface area contributed by atoms with Gasteiger partial charge in [0.25, 0.3) is 0 Å². The van der Waals surface area contributed by atoms with Crippen LogP contribution < -0.4 is 0 Å². The minimum Gasteiger partial charge on any atom is -0.348 e. The third-order valence-corrected chi connectivity index (χ3v) is 2.91. The van der Waals surface area contributed by atoms with E-state index in [1.54, 1.807) is 4.90 Å². The number of amides is 1. The fourth-order valence-corrected chi connectivity index (χ4v) is 1.43. The minimum absolute atomic E-state index is 0.0386. The van der Waals surface area contributed by atoms with Gasteiger partial charge in [-0.05, 0) is 39.2 Å². The molecular weight excluding hydrogens is 212 g/mol. The highest BCUT2D eigenvalue weighted by Crippen LogP contribution is 2.22. The molecular formula is C14H30N2O. The van der Waals surface area contributed by atoms with Crippen LogP contribution in [-0.2, 0) is 4.79 Å². The molecule has 0 aliphatic heterocycles. The molecule has 17 heavy (non-hydrogen) atoms. The van der Waals surface area contributed by atoms with Crippen molar-refractivity contribution in [1.82, 2.24) is 9.80 Å². The molecule has 0 unspecified atom stereocenters. The zero-order valence-electron chi connectivity index (χ0n) is 12.9. The maximum absolute atomic E-state index is 11.8.